The molecule has 0 aliphatic rings. The van der Waals surface area contributed by atoms with Gasteiger partial charge in [0.1, 0.15) is 16.7 Å². The molecule has 0 aromatic carbocycles. The van der Waals surface area contributed by atoms with Crippen molar-refractivity contribution < 1.29 is 19.8 Å². The van der Waals surface area contributed by atoms with Crippen LogP contribution in [0, 0.1) is 5.92 Å². The molecule has 0 aliphatic carbocycles. The van der Waals surface area contributed by atoms with Crippen LogP contribution in [-0.2, 0) is 16.9 Å². The Kier molecular flexibility index (Phi) is 5.90. The normalized spacial score (nSPS) is 13.0. The molecule has 0 unspecified atom stereocenters. The van der Waals surface area contributed by atoms with Gasteiger partial charge in [-0.05, 0) is 19.8 Å². The zero-order valence-electron chi connectivity index (χ0n) is 13.5. The smallest absolute Gasteiger partial charge is 0.326 e. The van der Waals surface area contributed by atoms with Crippen molar-refractivity contribution >= 4 is 23.3 Å². The molecule has 1 rings (SSSR count). The third kappa shape index (κ3) is 4.96. The Labute approximate surface area is 134 Å². The van der Waals surface area contributed by atoms with Crippen LogP contribution in [0.5, 0.6) is 0 Å². The first-order valence-electron chi connectivity index (χ1n) is 6.94. The molecule has 0 saturated carbocycles. The van der Waals surface area contributed by atoms with Crippen LogP contribution in [0.4, 0.5) is 4.79 Å². The highest BCUT2D eigenvalue weighted by Crippen LogP contribution is 2.23. The van der Waals surface area contributed by atoms with Gasteiger partial charge in [-0.3, -0.25) is 0 Å². The Balaban J connectivity index is 2.68. The predicted octanol–water partition coefficient (Wildman–Crippen LogP) is 1.62. The van der Waals surface area contributed by atoms with E-state index < -0.39 is 23.6 Å². The summed E-state index contributed by atoms with van der Waals surface area (Å²) in [6, 6.07) is -1.41. The summed E-state index contributed by atoms with van der Waals surface area (Å²) >= 11 is 1.32. The Morgan fingerprint density at radius 3 is 2.45 bits per heavy atom. The van der Waals surface area contributed by atoms with Gasteiger partial charge in [0.25, 0.3) is 0 Å². The lowest BCUT2D eigenvalue weighted by Crippen LogP contribution is -2.48. The van der Waals surface area contributed by atoms with E-state index in [4.69, 9.17) is 5.11 Å². The van der Waals surface area contributed by atoms with Gasteiger partial charge in [-0.25, -0.2) is 14.6 Å². The van der Waals surface area contributed by atoms with Gasteiger partial charge in [-0.15, -0.1) is 11.3 Å². The number of hydrogen-bond acceptors (Lipinski definition) is 5. The molecule has 0 spiro atoms. The molecule has 2 amide bonds. The lowest BCUT2D eigenvalue weighted by atomic mass is 10.1. The lowest BCUT2D eigenvalue weighted by molar-refractivity contribution is -0.140. The number of aliphatic carboxylic acids is 1. The SMILES string of the molecule is CC(C)[C@H](NC(=O)N(C)Cc1csc(C(C)(C)O)n1)C(=O)O. The third-order valence-corrected chi connectivity index (χ3v) is 4.24. The first-order chi connectivity index (χ1) is 10.0. The maximum absolute atomic E-state index is 12.0. The van der Waals surface area contributed by atoms with Crippen molar-refractivity contribution in [1.29, 1.82) is 0 Å². The Morgan fingerprint density at radius 2 is 2.05 bits per heavy atom. The summed E-state index contributed by atoms with van der Waals surface area (Å²) in [6.45, 7) is 6.99. The molecule has 0 saturated heterocycles. The average molecular weight is 329 g/mol. The second-order valence-corrected chi connectivity index (χ2v) is 6.93. The third-order valence-electron chi connectivity index (χ3n) is 3.03. The number of hydrogen-bond donors (Lipinski definition) is 3. The molecule has 1 aromatic rings. The highest BCUT2D eigenvalue weighted by molar-refractivity contribution is 7.09. The number of nitrogens with zero attached hydrogens (tertiary/aromatic N) is 2. The van der Waals surface area contributed by atoms with Gasteiger partial charge < -0.3 is 20.4 Å². The van der Waals surface area contributed by atoms with Gasteiger partial charge in [0.15, 0.2) is 0 Å². The number of carboxylic acid groups (broad SMARTS) is 1. The summed E-state index contributed by atoms with van der Waals surface area (Å²) < 4.78 is 0. The number of aliphatic hydroxyl groups is 1. The molecule has 0 aliphatic heterocycles. The molecule has 3 N–H and O–H groups in total. The number of carbonyl (C=O) groups excluding carboxylic acids is 1. The topological polar surface area (TPSA) is 103 Å². The largest absolute Gasteiger partial charge is 0.480 e. The molecule has 0 bridgehead atoms. The van der Waals surface area contributed by atoms with Crippen molar-refractivity contribution in [3.63, 3.8) is 0 Å². The van der Waals surface area contributed by atoms with Crippen LogP contribution in [0.3, 0.4) is 0 Å². The minimum absolute atomic E-state index is 0.212. The predicted molar refractivity (Wildman–Crippen MR) is 83.6 cm³/mol. The van der Waals surface area contributed by atoms with Crippen LogP contribution in [-0.4, -0.2) is 45.2 Å². The maximum atomic E-state index is 12.0. The molecule has 0 radical (unpaired) electrons. The van der Waals surface area contributed by atoms with Gasteiger partial charge in [0.05, 0.1) is 12.2 Å². The summed E-state index contributed by atoms with van der Waals surface area (Å²) in [4.78, 5) is 28.8. The van der Waals surface area contributed by atoms with Crippen molar-refractivity contribution in [2.24, 2.45) is 5.92 Å². The summed E-state index contributed by atoms with van der Waals surface area (Å²) in [6.07, 6.45) is 0. The monoisotopic (exact) mass is 329 g/mol. The minimum atomic E-state index is -1.06. The van der Waals surface area contributed by atoms with Crippen LogP contribution in [0.1, 0.15) is 38.4 Å². The minimum Gasteiger partial charge on any atom is -0.480 e. The van der Waals surface area contributed by atoms with Crippen LogP contribution >= 0.6 is 11.3 Å². The van der Waals surface area contributed by atoms with Gasteiger partial charge in [0, 0.05) is 12.4 Å². The average Bonchev–Trinajstić information content (AvgIpc) is 2.82. The summed E-state index contributed by atoms with van der Waals surface area (Å²) in [5, 5.41) is 23.8. The van der Waals surface area contributed by atoms with E-state index in [-0.39, 0.29) is 12.5 Å². The van der Waals surface area contributed by atoms with Gasteiger partial charge in [0.2, 0.25) is 0 Å². The van der Waals surface area contributed by atoms with E-state index in [9.17, 15) is 14.7 Å². The quantitative estimate of drug-likeness (QED) is 0.736. The molecule has 0 fully saturated rings. The zero-order chi connectivity index (χ0) is 17.1. The van der Waals surface area contributed by atoms with E-state index >= 15 is 0 Å². The summed E-state index contributed by atoms with van der Waals surface area (Å²) in [5.41, 5.74) is -0.369. The number of aromatic nitrogens is 1. The molecule has 8 heteroatoms. The fourth-order valence-corrected chi connectivity index (χ4v) is 2.57. The summed E-state index contributed by atoms with van der Waals surface area (Å²) in [5.74, 6) is -1.27. The first-order valence-corrected chi connectivity index (χ1v) is 7.82. The zero-order valence-corrected chi connectivity index (χ0v) is 14.3. The van der Waals surface area contributed by atoms with Crippen molar-refractivity contribution in [2.75, 3.05) is 7.05 Å². The van der Waals surface area contributed by atoms with Gasteiger partial charge in [-0.1, -0.05) is 13.8 Å². The van der Waals surface area contributed by atoms with E-state index in [1.165, 1.54) is 16.2 Å². The van der Waals surface area contributed by atoms with E-state index in [0.717, 1.165) is 0 Å². The fraction of sp³-hybridized carbons (Fsp3) is 0.643. The molecular weight excluding hydrogens is 306 g/mol. The number of rotatable bonds is 6. The van der Waals surface area contributed by atoms with E-state index in [1.807, 2.05) is 0 Å². The lowest BCUT2D eigenvalue weighted by Gasteiger charge is -2.22. The Bertz CT molecular complexity index is 536. The number of thiazole rings is 1. The molecule has 1 heterocycles. The van der Waals surface area contributed by atoms with Crippen molar-refractivity contribution in [3.8, 4) is 0 Å². The van der Waals surface area contributed by atoms with Crippen LogP contribution in [0.25, 0.3) is 0 Å². The summed E-state index contributed by atoms with van der Waals surface area (Å²) in [7, 11) is 1.57. The molecule has 22 heavy (non-hydrogen) atoms. The number of amides is 2. The highest BCUT2D eigenvalue weighted by atomic mass is 32.1. The second-order valence-electron chi connectivity index (χ2n) is 6.07. The van der Waals surface area contributed by atoms with Crippen molar-refractivity contribution in [1.82, 2.24) is 15.2 Å². The standard InChI is InChI=1S/C14H23N3O4S/c1-8(2)10(11(18)19)16-13(20)17(5)6-9-7-22-12(15-9)14(3,4)21/h7-8,10,21H,6H2,1-5H3,(H,16,20)(H,18,19)/t10-/m0/s1. The number of nitrogens with one attached hydrogen (secondary N) is 1. The van der Waals surface area contributed by atoms with E-state index in [0.29, 0.717) is 10.7 Å². The molecule has 1 atom stereocenters. The van der Waals surface area contributed by atoms with Crippen LogP contribution in [0.2, 0.25) is 0 Å². The second kappa shape index (κ2) is 7.06. The van der Waals surface area contributed by atoms with E-state index in [2.05, 4.69) is 10.3 Å². The fourth-order valence-electron chi connectivity index (χ4n) is 1.73. The highest BCUT2D eigenvalue weighted by Gasteiger charge is 2.25. The first kappa shape index (κ1) is 18.4. The Morgan fingerprint density at radius 1 is 1.45 bits per heavy atom. The molecule has 7 nitrogen and oxygen atoms in total. The Hall–Kier alpha value is -1.67. The maximum Gasteiger partial charge on any atom is 0.326 e. The number of urea groups is 1. The van der Waals surface area contributed by atoms with Crippen molar-refractivity contribution in [3.05, 3.63) is 16.1 Å². The van der Waals surface area contributed by atoms with Gasteiger partial charge in [-0.2, -0.15) is 0 Å². The number of carboxylic acids is 1. The van der Waals surface area contributed by atoms with E-state index in [1.54, 1.807) is 40.1 Å². The van der Waals surface area contributed by atoms with Crippen LogP contribution < -0.4 is 5.32 Å². The number of carbonyl (C=O) groups is 2. The van der Waals surface area contributed by atoms with Crippen LogP contribution in [0.15, 0.2) is 5.38 Å². The molecular formula is C14H23N3O4S. The molecule has 124 valence electrons. The van der Waals surface area contributed by atoms with Crippen molar-refractivity contribution in [2.45, 2.75) is 45.9 Å². The molecule has 1 aromatic heterocycles. The van der Waals surface area contributed by atoms with Gasteiger partial charge >= 0.3 is 12.0 Å².